The zero-order valence-electron chi connectivity index (χ0n) is 25.8. The van der Waals surface area contributed by atoms with Crippen molar-refractivity contribution in [2.24, 2.45) is 0 Å². The number of anilines is 1. The Kier molecular flexibility index (Phi) is 12.4. The molecule has 9 nitrogen and oxygen atoms in total. The number of carbonyl (C=O) groups excluding carboxylic acids is 2. The van der Waals surface area contributed by atoms with Crippen LogP contribution in [0.15, 0.2) is 62.5 Å². The lowest BCUT2D eigenvalue weighted by molar-refractivity contribution is 0.0563. The van der Waals surface area contributed by atoms with Gasteiger partial charge in [-0.1, -0.05) is 57.2 Å². The molecule has 0 atom stereocenters. The zero-order valence-corrected chi connectivity index (χ0v) is 29.2. The number of rotatable bonds is 11. The number of thiol groups is 1. The van der Waals surface area contributed by atoms with Gasteiger partial charge in [0.15, 0.2) is 0 Å². The van der Waals surface area contributed by atoms with Crippen molar-refractivity contribution in [2.45, 2.75) is 79.9 Å². The quantitative estimate of drug-likeness (QED) is 0.0535. The molecule has 0 saturated heterocycles. The average Bonchev–Trinajstić information content (AvgIpc) is 3.41. The minimum absolute atomic E-state index is 0.0661. The number of nitrogens with one attached hydrogen (secondary N) is 3. The summed E-state index contributed by atoms with van der Waals surface area (Å²) in [4.78, 5) is 25.2. The third kappa shape index (κ3) is 9.26. The smallest absolute Gasteiger partial charge is 0.413 e. The molecule has 0 fully saturated rings. The third-order valence-electron chi connectivity index (χ3n) is 6.42. The van der Waals surface area contributed by atoms with Gasteiger partial charge in [-0.3, -0.25) is 10.7 Å². The van der Waals surface area contributed by atoms with Crippen LogP contribution in [0.1, 0.15) is 63.8 Å². The molecule has 1 aromatic heterocycles. The number of thiophene rings is 1. The number of aryl methyl sites for hydroxylation is 1. The normalized spacial score (nSPS) is 11.6. The molecule has 0 spiro atoms. The number of sulfone groups is 1. The summed E-state index contributed by atoms with van der Waals surface area (Å²) in [5, 5.41) is 13.6. The van der Waals surface area contributed by atoms with Crippen molar-refractivity contribution in [1.82, 2.24) is 10.6 Å². The second kappa shape index (κ2) is 15.3. The Morgan fingerprint density at radius 1 is 1.09 bits per heavy atom. The molecule has 0 saturated carbocycles. The molecule has 3 N–H and O–H groups in total. The maximum atomic E-state index is 13.8. The van der Waals surface area contributed by atoms with Gasteiger partial charge >= 0.3 is 12.1 Å². The molecule has 0 aliphatic carbocycles. The molecule has 238 valence electrons. The van der Waals surface area contributed by atoms with Crippen LogP contribution in [-0.4, -0.2) is 44.8 Å². The molecule has 0 aliphatic heterocycles. The van der Waals surface area contributed by atoms with E-state index in [1.165, 1.54) is 28.2 Å². The van der Waals surface area contributed by atoms with Crippen molar-refractivity contribution < 1.29 is 22.7 Å². The van der Waals surface area contributed by atoms with Crippen LogP contribution in [0.4, 0.5) is 15.3 Å². The minimum Gasteiger partial charge on any atom is -0.444 e. The maximum absolute atomic E-state index is 13.8. The molecule has 0 radical (unpaired) electrons. The Morgan fingerprint density at radius 2 is 1.82 bits per heavy atom. The van der Waals surface area contributed by atoms with Crippen LogP contribution >= 0.6 is 35.9 Å². The Bertz CT molecular complexity index is 1610. The number of thioether (sulfide) groups is 1. The number of urea groups is 1. The molecular weight excluding hydrogens is 637 g/mol. The first-order valence-electron chi connectivity index (χ1n) is 14.2. The van der Waals surface area contributed by atoms with E-state index in [1.807, 2.05) is 25.1 Å². The zero-order chi connectivity index (χ0) is 32.7. The summed E-state index contributed by atoms with van der Waals surface area (Å²) in [6.45, 7) is 9.76. The van der Waals surface area contributed by atoms with E-state index in [-0.39, 0.29) is 21.7 Å². The molecule has 3 amide bonds. The summed E-state index contributed by atoms with van der Waals surface area (Å²) >= 11 is 6.76. The van der Waals surface area contributed by atoms with E-state index in [0.717, 1.165) is 48.1 Å². The highest BCUT2D eigenvalue weighted by atomic mass is 32.2. The fourth-order valence-corrected chi connectivity index (χ4v) is 8.42. The largest absolute Gasteiger partial charge is 0.444 e. The number of hydrogen-bond donors (Lipinski definition) is 4. The van der Waals surface area contributed by atoms with Gasteiger partial charge in [-0.25, -0.2) is 22.3 Å². The standard InChI is InChI=1S/C31H40N4O5S4/c1-7-8-9-10-16-33-29(36)35(41)22-14-15-24(20(2)17-22)21-12-11-13-23(18-21)44(38,39)26-19-25(43-28(26)42-6)27(32)34-30(37)40-31(3,4)5/h11-15,17-19,41H,7-10,16H2,1-6H3,(H,33,36)(H2,32,34,37). The summed E-state index contributed by atoms with van der Waals surface area (Å²) in [5.41, 5.74) is 2.21. The number of alkyl carbamates (subject to hydrolysis) is 1. The fourth-order valence-electron chi connectivity index (χ4n) is 4.28. The lowest BCUT2D eigenvalue weighted by Crippen LogP contribution is -2.36. The first-order chi connectivity index (χ1) is 20.7. The van der Waals surface area contributed by atoms with Gasteiger partial charge < -0.3 is 10.1 Å². The number of ether oxygens (including phenoxy) is 1. The molecule has 2 aromatic carbocycles. The lowest BCUT2D eigenvalue weighted by atomic mass is 10.00. The molecule has 3 rings (SSSR count). The second-order valence-electron chi connectivity index (χ2n) is 11.1. The third-order valence-corrected chi connectivity index (χ3v) is 11.2. The summed E-state index contributed by atoms with van der Waals surface area (Å²) in [6, 6.07) is 13.2. The van der Waals surface area contributed by atoms with Crippen LogP contribution in [0, 0.1) is 12.3 Å². The first-order valence-corrected chi connectivity index (χ1v) is 18.1. The van der Waals surface area contributed by atoms with E-state index in [1.54, 1.807) is 45.2 Å². The predicted molar refractivity (Wildman–Crippen MR) is 183 cm³/mol. The molecular formula is C31H40N4O5S4. The molecule has 0 aliphatic rings. The van der Waals surface area contributed by atoms with Gasteiger partial charge in [-0.2, -0.15) is 0 Å². The lowest BCUT2D eigenvalue weighted by Gasteiger charge is -2.19. The van der Waals surface area contributed by atoms with Crippen molar-refractivity contribution in [3.8, 4) is 11.1 Å². The SMILES string of the molecule is CCCCCCNC(=O)N(S)c1ccc(-c2cccc(S(=O)(=O)c3cc(C(=N)NC(=O)OC(C)(C)C)sc3SC)c2)c(C)c1. The van der Waals surface area contributed by atoms with Crippen LogP contribution in [0.3, 0.4) is 0 Å². The topological polar surface area (TPSA) is 129 Å². The summed E-state index contributed by atoms with van der Waals surface area (Å²) in [6.07, 6.45) is 5.21. The van der Waals surface area contributed by atoms with Crippen molar-refractivity contribution in [2.75, 3.05) is 17.1 Å². The predicted octanol–water partition coefficient (Wildman–Crippen LogP) is 8.07. The van der Waals surface area contributed by atoms with Crippen LogP contribution in [-0.2, 0) is 14.6 Å². The Morgan fingerprint density at radius 3 is 2.45 bits per heavy atom. The molecule has 3 aromatic rings. The highest BCUT2D eigenvalue weighted by Crippen LogP contribution is 2.38. The summed E-state index contributed by atoms with van der Waals surface area (Å²) in [7, 11) is -3.97. The van der Waals surface area contributed by atoms with Gasteiger partial charge in [0.05, 0.1) is 24.6 Å². The van der Waals surface area contributed by atoms with E-state index in [9.17, 15) is 18.0 Å². The molecule has 44 heavy (non-hydrogen) atoms. The summed E-state index contributed by atoms with van der Waals surface area (Å²) < 4.78 is 34.7. The monoisotopic (exact) mass is 676 g/mol. The Labute approximate surface area is 274 Å². The van der Waals surface area contributed by atoms with Gasteiger partial charge in [-0.05, 0) is 87.4 Å². The number of hydrogen-bond acceptors (Lipinski definition) is 9. The van der Waals surface area contributed by atoms with Gasteiger partial charge in [0.1, 0.15) is 11.4 Å². The van der Waals surface area contributed by atoms with E-state index < -0.39 is 21.5 Å². The van der Waals surface area contributed by atoms with Crippen LogP contribution < -0.4 is 14.9 Å². The van der Waals surface area contributed by atoms with E-state index >= 15 is 0 Å². The van der Waals surface area contributed by atoms with Crippen molar-refractivity contribution in [3.63, 3.8) is 0 Å². The number of amides is 3. The number of benzene rings is 2. The van der Waals surface area contributed by atoms with Gasteiger partial charge in [0.2, 0.25) is 9.84 Å². The first kappa shape index (κ1) is 35.5. The molecule has 13 heteroatoms. The van der Waals surface area contributed by atoms with E-state index in [2.05, 4.69) is 30.4 Å². The highest BCUT2D eigenvalue weighted by molar-refractivity contribution is 8.01. The second-order valence-corrected chi connectivity index (χ2v) is 15.5. The van der Waals surface area contributed by atoms with E-state index in [0.29, 0.717) is 26.9 Å². The molecule has 0 unspecified atom stereocenters. The Hall–Kier alpha value is -3.00. The number of nitrogens with zero attached hydrogens (tertiary/aromatic N) is 1. The van der Waals surface area contributed by atoms with Crippen molar-refractivity contribution in [3.05, 3.63) is 59.0 Å². The van der Waals surface area contributed by atoms with Gasteiger partial charge in [0, 0.05) is 6.54 Å². The van der Waals surface area contributed by atoms with E-state index in [4.69, 9.17) is 10.1 Å². The molecule has 1 heterocycles. The van der Waals surface area contributed by atoms with Crippen LogP contribution in [0.5, 0.6) is 0 Å². The van der Waals surface area contributed by atoms with Crippen molar-refractivity contribution >= 4 is 69.4 Å². The van der Waals surface area contributed by atoms with Gasteiger partial charge in [-0.15, -0.1) is 23.1 Å². The number of carbonyl (C=O) groups is 2. The maximum Gasteiger partial charge on any atom is 0.413 e. The Balaban J connectivity index is 1.83. The van der Waals surface area contributed by atoms with Crippen LogP contribution in [0.25, 0.3) is 11.1 Å². The minimum atomic E-state index is -3.97. The van der Waals surface area contributed by atoms with Crippen LogP contribution in [0.2, 0.25) is 0 Å². The van der Waals surface area contributed by atoms with Crippen molar-refractivity contribution in [1.29, 1.82) is 5.41 Å². The highest BCUT2D eigenvalue weighted by Gasteiger charge is 2.27. The average molecular weight is 677 g/mol. The summed E-state index contributed by atoms with van der Waals surface area (Å²) in [5.74, 6) is -0.242. The molecule has 0 bridgehead atoms. The van der Waals surface area contributed by atoms with Gasteiger partial charge in [0.25, 0.3) is 0 Å². The number of amidine groups is 1. The fraction of sp³-hybridized carbons (Fsp3) is 0.387. The number of unbranched alkanes of at least 4 members (excludes halogenated alkanes) is 3.